The van der Waals surface area contributed by atoms with Gasteiger partial charge in [0.1, 0.15) is 5.82 Å². The zero-order chi connectivity index (χ0) is 34.1. The van der Waals surface area contributed by atoms with Crippen LogP contribution in [0.5, 0.6) is 0 Å². The molecule has 0 spiro atoms. The van der Waals surface area contributed by atoms with Crippen molar-refractivity contribution in [3.63, 3.8) is 0 Å². The molecular formula is C42H27N3. The van der Waals surface area contributed by atoms with Crippen LogP contribution in [0.4, 0.5) is 0 Å². The molecule has 0 aliphatic carbocycles. The molecule has 2 heterocycles. The summed E-state index contributed by atoms with van der Waals surface area (Å²) >= 11 is 0. The van der Waals surface area contributed by atoms with Crippen LogP contribution >= 0.6 is 0 Å². The maximum absolute atomic E-state index is 8.86. The van der Waals surface area contributed by atoms with Crippen molar-refractivity contribution in [3.05, 3.63) is 164 Å². The van der Waals surface area contributed by atoms with Crippen molar-refractivity contribution < 1.29 is 6.85 Å². The topological polar surface area (TPSA) is 30.7 Å². The second-order valence-corrected chi connectivity index (χ2v) is 11.1. The van der Waals surface area contributed by atoms with Gasteiger partial charge < -0.3 is 0 Å². The minimum atomic E-state index is -0.416. The molecule has 3 nitrogen and oxygen atoms in total. The molecule has 0 saturated carbocycles. The first-order chi connectivity index (χ1) is 24.4. The number of benzene rings is 7. The molecule has 210 valence electrons. The zero-order valence-electron chi connectivity index (χ0n) is 29.0. The predicted molar refractivity (Wildman–Crippen MR) is 188 cm³/mol. The summed E-state index contributed by atoms with van der Waals surface area (Å²) in [7, 11) is 0. The Balaban J connectivity index is 1.37. The molecule has 2 aromatic heterocycles. The molecule has 0 aliphatic heterocycles. The second-order valence-electron chi connectivity index (χ2n) is 11.1. The smallest absolute Gasteiger partial charge is 0.162 e. The minimum Gasteiger partial charge on any atom is -0.293 e. The van der Waals surface area contributed by atoms with Crippen molar-refractivity contribution in [2.45, 2.75) is 0 Å². The molecule has 0 fully saturated rings. The van der Waals surface area contributed by atoms with Gasteiger partial charge in [-0.15, -0.1) is 0 Å². The number of hydrogen-bond acceptors (Lipinski definition) is 2. The average Bonchev–Trinajstić information content (AvgIpc) is 3.49. The van der Waals surface area contributed by atoms with E-state index in [1.165, 1.54) is 0 Å². The highest BCUT2D eigenvalue weighted by Crippen LogP contribution is 2.41. The molecule has 0 saturated heterocycles. The molecule has 3 heteroatoms. The van der Waals surface area contributed by atoms with E-state index in [1.807, 2.05) is 84.9 Å². The minimum absolute atomic E-state index is 0.167. The van der Waals surface area contributed by atoms with E-state index in [0.717, 1.165) is 60.2 Å². The molecule has 0 amide bonds. The molecule has 0 aliphatic rings. The van der Waals surface area contributed by atoms with Crippen LogP contribution in [0.1, 0.15) is 6.85 Å². The van der Waals surface area contributed by atoms with Gasteiger partial charge in [0.15, 0.2) is 5.82 Å². The zero-order valence-corrected chi connectivity index (χ0v) is 24.0. The van der Waals surface area contributed by atoms with Crippen molar-refractivity contribution >= 4 is 43.5 Å². The van der Waals surface area contributed by atoms with Gasteiger partial charge in [0, 0.05) is 21.7 Å². The highest BCUT2D eigenvalue weighted by Gasteiger charge is 2.20. The lowest BCUT2D eigenvalue weighted by atomic mass is 9.98. The summed E-state index contributed by atoms with van der Waals surface area (Å²) in [4.78, 5) is 10.3. The Hall–Kier alpha value is -6.06. The molecule has 9 rings (SSSR count). The fraction of sp³-hybridized carbons (Fsp3) is 0. The quantitative estimate of drug-likeness (QED) is 0.208. The number of fused-ring (bicyclic) bond motifs is 5. The van der Waals surface area contributed by atoms with Gasteiger partial charge in [-0.05, 0) is 63.4 Å². The molecule has 0 bridgehead atoms. The third-order valence-corrected chi connectivity index (χ3v) is 8.47. The Bertz CT molecular complexity index is 2780. The van der Waals surface area contributed by atoms with Gasteiger partial charge in [0.2, 0.25) is 0 Å². The molecule has 0 radical (unpaired) electrons. The van der Waals surface area contributed by atoms with Crippen LogP contribution in [-0.2, 0) is 0 Å². The molecule has 0 unspecified atom stereocenters. The van der Waals surface area contributed by atoms with Crippen LogP contribution in [0.3, 0.4) is 0 Å². The third-order valence-electron chi connectivity index (χ3n) is 8.47. The fourth-order valence-corrected chi connectivity index (χ4v) is 6.38. The van der Waals surface area contributed by atoms with E-state index in [-0.39, 0.29) is 29.7 Å². The normalized spacial score (nSPS) is 13.1. The monoisotopic (exact) mass is 578 g/mol. The standard InChI is InChI=1S/C42H27N3/c1-3-12-28(13-4-1)29-22-24-31(25-23-29)41-43-37-20-10-9-18-35(37)42(44-41)45-38-21-11-19-34(30-14-5-2-6-15-30)40(38)36-26-32-16-7-8-17-33(32)27-39(36)45/h1-27H/i2D,5D,6D,14D,15D. The highest BCUT2D eigenvalue weighted by molar-refractivity contribution is 6.19. The van der Waals surface area contributed by atoms with E-state index in [0.29, 0.717) is 17.2 Å². The fourth-order valence-electron chi connectivity index (χ4n) is 6.38. The van der Waals surface area contributed by atoms with Crippen LogP contribution < -0.4 is 0 Å². The van der Waals surface area contributed by atoms with Crippen LogP contribution in [0.2, 0.25) is 0 Å². The van der Waals surface area contributed by atoms with Gasteiger partial charge in [-0.3, -0.25) is 4.57 Å². The Kier molecular flexibility index (Phi) is 4.75. The average molecular weight is 579 g/mol. The summed E-state index contributed by atoms with van der Waals surface area (Å²) in [6, 6.07) is 43.0. The summed E-state index contributed by atoms with van der Waals surface area (Å²) in [6.45, 7) is 0. The third kappa shape index (κ3) is 4.21. The molecule has 9 aromatic rings. The number of hydrogen-bond donors (Lipinski definition) is 0. The van der Waals surface area contributed by atoms with Gasteiger partial charge in [-0.1, -0.05) is 133 Å². The molecular weight excluding hydrogens is 546 g/mol. The van der Waals surface area contributed by atoms with Crippen LogP contribution in [0.15, 0.2) is 164 Å². The van der Waals surface area contributed by atoms with Crippen molar-refractivity contribution in [1.29, 1.82) is 0 Å². The number of nitrogens with zero attached hydrogens (tertiary/aromatic N) is 3. The molecule has 0 N–H and O–H groups in total. The van der Waals surface area contributed by atoms with E-state index in [2.05, 4.69) is 53.1 Å². The first kappa shape index (κ1) is 20.8. The molecule has 45 heavy (non-hydrogen) atoms. The van der Waals surface area contributed by atoms with E-state index in [9.17, 15) is 0 Å². The first-order valence-corrected chi connectivity index (χ1v) is 14.9. The van der Waals surface area contributed by atoms with Crippen LogP contribution in [-0.4, -0.2) is 14.5 Å². The summed E-state index contributed by atoms with van der Waals surface area (Å²) in [5.74, 6) is 1.27. The lowest BCUT2D eigenvalue weighted by molar-refractivity contribution is 1.08. The van der Waals surface area contributed by atoms with Crippen molar-refractivity contribution in [2.24, 2.45) is 0 Å². The van der Waals surface area contributed by atoms with Gasteiger partial charge in [0.05, 0.1) is 23.4 Å². The lowest BCUT2D eigenvalue weighted by Crippen LogP contribution is -2.02. The van der Waals surface area contributed by atoms with Crippen LogP contribution in [0.25, 0.3) is 82.9 Å². The summed E-state index contributed by atoms with van der Waals surface area (Å²) < 4.78 is 44.9. The van der Waals surface area contributed by atoms with Crippen molar-refractivity contribution in [3.8, 4) is 39.5 Å². The number of rotatable bonds is 4. The lowest BCUT2D eigenvalue weighted by Gasteiger charge is -2.13. The number of para-hydroxylation sites is 1. The van der Waals surface area contributed by atoms with Gasteiger partial charge in [0.25, 0.3) is 0 Å². The maximum Gasteiger partial charge on any atom is 0.162 e. The summed E-state index contributed by atoms with van der Waals surface area (Å²) in [5.41, 5.74) is 6.31. The van der Waals surface area contributed by atoms with Crippen LogP contribution in [0, 0.1) is 0 Å². The molecule has 7 aromatic carbocycles. The van der Waals surface area contributed by atoms with Gasteiger partial charge in [-0.25, -0.2) is 9.97 Å². The number of aromatic nitrogens is 3. The Labute approximate surface area is 267 Å². The molecule has 0 atom stereocenters. The highest BCUT2D eigenvalue weighted by atomic mass is 15.1. The largest absolute Gasteiger partial charge is 0.293 e. The van der Waals surface area contributed by atoms with E-state index >= 15 is 0 Å². The Morgan fingerprint density at radius 2 is 1.18 bits per heavy atom. The SMILES string of the molecule is [2H]c1c([2H])c([2H])c(-c2cccc3c2c2cc4ccccc4cc2n3-c2nc(-c3ccc(-c4ccccc4)cc3)nc3ccccc23)c([2H])c1[2H]. The maximum atomic E-state index is 8.86. The summed E-state index contributed by atoms with van der Waals surface area (Å²) in [5, 5.41) is 4.60. The van der Waals surface area contributed by atoms with Gasteiger partial charge in [-0.2, -0.15) is 0 Å². The Morgan fingerprint density at radius 3 is 2.00 bits per heavy atom. The van der Waals surface area contributed by atoms with Gasteiger partial charge >= 0.3 is 0 Å². The van der Waals surface area contributed by atoms with Crippen molar-refractivity contribution in [1.82, 2.24) is 14.5 Å². The van der Waals surface area contributed by atoms with E-state index in [1.54, 1.807) is 0 Å². The second kappa shape index (κ2) is 10.3. The Morgan fingerprint density at radius 1 is 0.489 bits per heavy atom. The summed E-state index contributed by atoms with van der Waals surface area (Å²) in [6.07, 6.45) is 0. The van der Waals surface area contributed by atoms with Crippen molar-refractivity contribution in [2.75, 3.05) is 0 Å². The predicted octanol–water partition coefficient (Wildman–Crippen LogP) is 10.9. The first-order valence-electron chi connectivity index (χ1n) is 17.4. The van der Waals surface area contributed by atoms with E-state index in [4.69, 9.17) is 16.8 Å². The van der Waals surface area contributed by atoms with E-state index < -0.39 is 6.04 Å².